The maximum absolute atomic E-state index is 11.9. The molecule has 1 aliphatic carbocycles. The molecule has 0 amide bonds. The molecule has 0 bridgehead atoms. The van der Waals surface area contributed by atoms with Gasteiger partial charge in [0.25, 0.3) is 0 Å². The summed E-state index contributed by atoms with van der Waals surface area (Å²) in [5, 5.41) is 0. The first-order chi connectivity index (χ1) is 27.3. The van der Waals surface area contributed by atoms with Gasteiger partial charge in [0.1, 0.15) is 37.9 Å². The highest BCUT2D eigenvalue weighted by Gasteiger charge is 2.47. The molecule has 0 aliphatic heterocycles. The molecule has 0 aromatic heterocycles. The van der Waals surface area contributed by atoms with Crippen molar-refractivity contribution in [1.82, 2.24) is 0 Å². The van der Waals surface area contributed by atoms with Crippen molar-refractivity contribution >= 4 is 22.8 Å². The number of esters is 2. The lowest BCUT2D eigenvalue weighted by atomic mass is 9.67. The Balaban J connectivity index is 1.32. The summed E-state index contributed by atoms with van der Waals surface area (Å²) in [4.78, 5) is 27.4. The van der Waals surface area contributed by atoms with Gasteiger partial charge < -0.3 is 18.9 Å². The Kier molecular flexibility index (Phi) is 11.5. The van der Waals surface area contributed by atoms with Crippen LogP contribution in [0.2, 0.25) is 0 Å². The average Bonchev–Trinajstić information content (AvgIpc) is 3.52. The van der Waals surface area contributed by atoms with Gasteiger partial charge in [0.05, 0.1) is 16.3 Å². The van der Waals surface area contributed by atoms with Crippen molar-refractivity contribution in [3.05, 3.63) is 198 Å². The van der Waals surface area contributed by atoms with E-state index in [9.17, 15) is 9.59 Å². The fourth-order valence-electron chi connectivity index (χ4n) is 7.13. The van der Waals surface area contributed by atoms with Gasteiger partial charge in [-0.15, -0.1) is 0 Å². The third kappa shape index (κ3) is 7.77. The maximum atomic E-state index is 11.9. The second-order valence-corrected chi connectivity index (χ2v) is 15.5. The molecule has 0 saturated carbocycles. The van der Waals surface area contributed by atoms with Crippen LogP contribution in [0.25, 0.3) is 11.1 Å². The van der Waals surface area contributed by atoms with Gasteiger partial charge in [0, 0.05) is 11.1 Å². The predicted octanol–water partition coefficient (Wildman–Crippen LogP) is 10.1. The molecule has 56 heavy (non-hydrogen) atoms. The van der Waals surface area contributed by atoms with Crippen molar-refractivity contribution in [2.45, 2.75) is 33.9 Å². The van der Waals surface area contributed by atoms with E-state index >= 15 is 0 Å². The Morgan fingerprint density at radius 3 is 1.43 bits per heavy atom. The van der Waals surface area contributed by atoms with Crippen molar-refractivity contribution in [3.8, 4) is 22.6 Å². The SMILES string of the molecule is C=C(C)C(=O)OCCOc1ccc(C2(c3ccc(OCCOC(=O)C(=C)C)cc3)c3ccccc3-c3ccc([S+](c4ccccc4)c4ccccc4)cc32)cc1. The van der Waals surface area contributed by atoms with E-state index in [1.807, 2.05) is 24.3 Å². The molecular formula is C49H43O6S+. The zero-order valence-corrected chi connectivity index (χ0v) is 32.4. The maximum Gasteiger partial charge on any atom is 0.333 e. The van der Waals surface area contributed by atoms with Crippen molar-refractivity contribution < 1.29 is 28.5 Å². The first-order valence-electron chi connectivity index (χ1n) is 18.5. The highest BCUT2D eigenvalue weighted by molar-refractivity contribution is 7.97. The van der Waals surface area contributed by atoms with Crippen LogP contribution in [0.3, 0.4) is 0 Å². The van der Waals surface area contributed by atoms with Gasteiger partial charge in [0.15, 0.2) is 14.7 Å². The fraction of sp³-hybridized carbons (Fsp3) is 0.143. The molecule has 0 spiro atoms. The minimum atomic E-state index is -0.699. The van der Waals surface area contributed by atoms with E-state index in [1.54, 1.807) is 13.8 Å². The molecular weight excluding hydrogens is 717 g/mol. The van der Waals surface area contributed by atoms with E-state index in [4.69, 9.17) is 18.9 Å². The third-order valence-corrected chi connectivity index (χ3v) is 11.9. The standard InChI is InChI=1S/C49H43O6S/c1-34(2)47(50)54-31-29-52-38-23-19-36(20-24-38)49(37-21-25-39(26-22-37)53-30-32-55-48(51)35(3)4)45-18-12-11-17-43(45)44-28-27-42(33-46(44)49)56(40-13-7-5-8-14-40)41-15-9-6-10-16-41/h5-28,33H,1,3,29-32H2,2,4H3/q+1. The van der Waals surface area contributed by atoms with Crippen LogP contribution >= 0.6 is 0 Å². The first-order valence-corrected chi connectivity index (χ1v) is 19.7. The number of hydrogen-bond donors (Lipinski definition) is 0. The number of benzene rings is 6. The lowest BCUT2D eigenvalue weighted by Crippen LogP contribution is -2.29. The Hall–Kier alpha value is -6.31. The Morgan fingerprint density at radius 1 is 0.500 bits per heavy atom. The quantitative estimate of drug-likeness (QED) is 0.0449. The second-order valence-electron chi connectivity index (χ2n) is 13.5. The Labute approximate surface area is 331 Å². The smallest absolute Gasteiger partial charge is 0.333 e. The van der Waals surface area contributed by atoms with Gasteiger partial charge in [0.2, 0.25) is 0 Å². The van der Waals surface area contributed by atoms with Crippen LogP contribution in [0.4, 0.5) is 0 Å². The van der Waals surface area contributed by atoms with Gasteiger partial charge >= 0.3 is 11.9 Å². The van der Waals surface area contributed by atoms with Gasteiger partial charge in [-0.2, -0.15) is 0 Å². The molecule has 0 N–H and O–H groups in total. The van der Waals surface area contributed by atoms with Crippen LogP contribution in [0.15, 0.2) is 191 Å². The first kappa shape index (κ1) is 38.0. The van der Waals surface area contributed by atoms with E-state index in [2.05, 4.69) is 141 Å². The number of ether oxygens (including phenoxy) is 4. The van der Waals surface area contributed by atoms with Gasteiger partial charge in [-0.1, -0.05) is 98.1 Å². The second kappa shape index (κ2) is 17.0. The lowest BCUT2D eigenvalue weighted by Gasteiger charge is -2.34. The molecule has 0 fully saturated rings. The van der Waals surface area contributed by atoms with E-state index in [0.717, 1.165) is 11.1 Å². The van der Waals surface area contributed by atoms with Crippen LogP contribution in [0.1, 0.15) is 36.1 Å². The Bertz CT molecular complexity index is 2230. The molecule has 6 aromatic rings. The van der Waals surface area contributed by atoms with E-state index in [0.29, 0.717) is 22.6 Å². The highest BCUT2D eigenvalue weighted by atomic mass is 32.2. The summed E-state index contributed by atoms with van der Waals surface area (Å²) >= 11 is 0. The van der Waals surface area contributed by atoms with E-state index in [1.165, 1.54) is 36.9 Å². The van der Waals surface area contributed by atoms with E-state index in [-0.39, 0.29) is 37.3 Å². The minimum absolute atomic E-state index is 0.121. The summed E-state index contributed by atoms with van der Waals surface area (Å²) in [5.41, 5.74) is 6.85. The molecule has 0 heterocycles. The largest absolute Gasteiger partial charge is 0.490 e. The molecule has 7 rings (SSSR count). The number of fused-ring (bicyclic) bond motifs is 3. The molecule has 280 valence electrons. The molecule has 0 atom stereocenters. The molecule has 6 nitrogen and oxygen atoms in total. The van der Waals surface area contributed by atoms with Crippen LogP contribution in [-0.2, 0) is 35.4 Å². The summed E-state index contributed by atoms with van der Waals surface area (Å²) in [6.45, 7) is 11.2. The zero-order valence-electron chi connectivity index (χ0n) is 31.5. The Morgan fingerprint density at radius 2 is 0.946 bits per heavy atom. The monoisotopic (exact) mass is 759 g/mol. The normalized spacial score (nSPS) is 12.3. The summed E-state index contributed by atoms with van der Waals surface area (Å²) in [6, 6.07) is 53.4. The molecule has 0 radical (unpaired) electrons. The zero-order chi connectivity index (χ0) is 39.1. The number of hydrogen-bond acceptors (Lipinski definition) is 6. The van der Waals surface area contributed by atoms with Crippen LogP contribution < -0.4 is 9.47 Å². The number of rotatable bonds is 15. The molecule has 1 aliphatic rings. The van der Waals surface area contributed by atoms with Gasteiger partial charge in [-0.25, -0.2) is 9.59 Å². The predicted molar refractivity (Wildman–Crippen MR) is 221 cm³/mol. The minimum Gasteiger partial charge on any atom is -0.490 e. The van der Waals surface area contributed by atoms with Gasteiger partial charge in [-0.05, 0) is 114 Å². The van der Waals surface area contributed by atoms with Crippen molar-refractivity contribution in [3.63, 3.8) is 0 Å². The molecule has 0 saturated heterocycles. The van der Waals surface area contributed by atoms with Gasteiger partial charge in [-0.3, -0.25) is 0 Å². The summed E-state index contributed by atoms with van der Waals surface area (Å²) in [7, 11) is -0.371. The average molecular weight is 760 g/mol. The topological polar surface area (TPSA) is 71.1 Å². The van der Waals surface area contributed by atoms with Crippen molar-refractivity contribution in [2.24, 2.45) is 0 Å². The van der Waals surface area contributed by atoms with Crippen LogP contribution in [-0.4, -0.2) is 38.4 Å². The van der Waals surface area contributed by atoms with Crippen LogP contribution in [0, 0.1) is 0 Å². The van der Waals surface area contributed by atoms with Crippen molar-refractivity contribution in [2.75, 3.05) is 26.4 Å². The van der Waals surface area contributed by atoms with E-state index < -0.39 is 17.4 Å². The summed E-state index contributed by atoms with van der Waals surface area (Å²) < 4.78 is 22.5. The number of carbonyl (C=O) groups excluding carboxylic acids is 2. The highest BCUT2D eigenvalue weighted by Crippen LogP contribution is 2.57. The molecule has 0 unspecified atom stereocenters. The third-order valence-electron chi connectivity index (χ3n) is 9.65. The van der Waals surface area contributed by atoms with Crippen LogP contribution in [0.5, 0.6) is 11.5 Å². The van der Waals surface area contributed by atoms with Crippen molar-refractivity contribution in [1.29, 1.82) is 0 Å². The number of carbonyl (C=O) groups is 2. The molecule has 7 heteroatoms. The fourth-order valence-corrected chi connectivity index (χ4v) is 9.25. The summed E-state index contributed by atoms with van der Waals surface area (Å²) in [6.07, 6.45) is 0. The lowest BCUT2D eigenvalue weighted by molar-refractivity contribution is -0.140. The molecule has 6 aromatic carbocycles. The summed E-state index contributed by atoms with van der Waals surface area (Å²) in [5.74, 6) is 0.463.